The van der Waals surface area contributed by atoms with Gasteiger partial charge in [-0.3, -0.25) is 0 Å². The van der Waals surface area contributed by atoms with E-state index in [9.17, 15) is 22.0 Å². The van der Waals surface area contributed by atoms with Gasteiger partial charge in [0.1, 0.15) is 0 Å². The predicted molar refractivity (Wildman–Crippen MR) is 53.8 cm³/mol. The number of hydrogen-bond donors (Lipinski definition) is 0. The Morgan fingerprint density at radius 1 is 0.812 bits per heavy atom. The Kier molecular flexibility index (Phi) is 3.86. The van der Waals surface area contributed by atoms with Crippen molar-refractivity contribution in [1.82, 2.24) is 0 Å². The molecule has 0 N–H and O–H groups in total. The van der Waals surface area contributed by atoms with Crippen LogP contribution < -0.4 is 5.19 Å². The summed E-state index contributed by atoms with van der Waals surface area (Å²) in [6.45, 7) is -2.27. The zero-order chi connectivity index (χ0) is 12.7. The molecule has 0 radical (unpaired) electrons. The first-order chi connectivity index (χ1) is 7.24. The molecule has 0 nitrogen and oxygen atoms in total. The molecule has 0 aliphatic carbocycles. The lowest BCUT2D eigenvalue weighted by atomic mass is 10.3. The van der Waals surface area contributed by atoms with Crippen molar-refractivity contribution in [3.8, 4) is 0 Å². The maximum atomic E-state index is 13.2. The van der Waals surface area contributed by atoms with E-state index in [-0.39, 0.29) is 6.04 Å². The van der Waals surface area contributed by atoms with Gasteiger partial charge in [-0.1, -0.05) is 6.92 Å². The van der Waals surface area contributed by atoms with Gasteiger partial charge >= 0.3 is 0 Å². The molecular formula is C8H5Cl2F5Si. The van der Waals surface area contributed by atoms with Gasteiger partial charge in [0.25, 0.3) is 6.69 Å². The molecule has 1 rings (SSSR count). The Bertz CT molecular complexity index is 406. The van der Waals surface area contributed by atoms with Gasteiger partial charge < -0.3 is 0 Å². The fourth-order valence-corrected chi connectivity index (χ4v) is 3.31. The summed E-state index contributed by atoms with van der Waals surface area (Å²) >= 11 is 11.2. The van der Waals surface area contributed by atoms with E-state index in [1.165, 1.54) is 6.92 Å². The van der Waals surface area contributed by atoms with Crippen LogP contribution in [0.15, 0.2) is 0 Å². The zero-order valence-electron chi connectivity index (χ0n) is 7.85. The summed E-state index contributed by atoms with van der Waals surface area (Å²) in [5.74, 6) is -10.2. The van der Waals surface area contributed by atoms with Crippen molar-refractivity contribution in [2.75, 3.05) is 0 Å². The molecule has 16 heavy (non-hydrogen) atoms. The van der Waals surface area contributed by atoms with E-state index in [1.807, 2.05) is 0 Å². The SMILES string of the molecule is CC[Si](Cl)(Cl)c1c(F)c(F)c(F)c(F)c1F. The highest BCUT2D eigenvalue weighted by Gasteiger charge is 2.40. The van der Waals surface area contributed by atoms with Crippen molar-refractivity contribution < 1.29 is 22.0 Å². The van der Waals surface area contributed by atoms with Crippen molar-refractivity contribution in [3.63, 3.8) is 0 Å². The van der Waals surface area contributed by atoms with Gasteiger partial charge in [0.05, 0.1) is 0 Å². The summed E-state index contributed by atoms with van der Waals surface area (Å²) in [4.78, 5) is 0. The standard InChI is InChI=1S/C8H5Cl2F5Si/c1-2-16(9,10)8-6(14)4(12)3(11)5(13)7(8)15/h2H2,1H3. The average Bonchev–Trinajstić information content (AvgIpc) is 2.23. The van der Waals surface area contributed by atoms with Crippen LogP contribution in [0.4, 0.5) is 22.0 Å². The first kappa shape index (κ1) is 13.7. The molecular weight excluding hydrogens is 290 g/mol. The summed E-state index contributed by atoms with van der Waals surface area (Å²) in [5.41, 5.74) is 0. The molecule has 0 saturated heterocycles. The van der Waals surface area contributed by atoms with E-state index < -0.39 is 41.0 Å². The maximum Gasteiger partial charge on any atom is 0.286 e. The topological polar surface area (TPSA) is 0 Å². The van der Waals surface area contributed by atoms with Crippen LogP contribution in [0.1, 0.15) is 6.92 Å². The van der Waals surface area contributed by atoms with Crippen LogP contribution in [0.5, 0.6) is 0 Å². The fourth-order valence-electron chi connectivity index (χ4n) is 1.10. The molecule has 0 spiro atoms. The highest BCUT2D eigenvalue weighted by molar-refractivity contribution is 7.51. The van der Waals surface area contributed by atoms with Gasteiger partial charge in [0.15, 0.2) is 23.3 Å². The van der Waals surface area contributed by atoms with Gasteiger partial charge in [0.2, 0.25) is 5.82 Å². The number of rotatable bonds is 2. The normalized spacial score (nSPS) is 12.0. The summed E-state index contributed by atoms with van der Waals surface area (Å²) in [5, 5.41) is -1.09. The van der Waals surface area contributed by atoms with Crippen molar-refractivity contribution in [1.29, 1.82) is 0 Å². The molecule has 0 aliphatic rings. The van der Waals surface area contributed by atoms with Crippen molar-refractivity contribution in [3.05, 3.63) is 29.1 Å². The Morgan fingerprint density at radius 2 is 1.12 bits per heavy atom. The average molecular weight is 295 g/mol. The molecule has 1 aromatic carbocycles. The summed E-state index contributed by atoms with van der Waals surface area (Å²) in [7, 11) is 0. The Balaban J connectivity index is 3.65. The molecule has 0 heterocycles. The lowest BCUT2D eigenvalue weighted by Gasteiger charge is -2.17. The lowest BCUT2D eigenvalue weighted by molar-refractivity contribution is 0.384. The Hall–Kier alpha value is -0.333. The molecule has 8 heteroatoms. The van der Waals surface area contributed by atoms with Gasteiger partial charge in [-0.15, -0.1) is 22.2 Å². The molecule has 0 fully saturated rings. The van der Waals surface area contributed by atoms with E-state index in [0.29, 0.717) is 0 Å². The summed E-state index contributed by atoms with van der Waals surface area (Å²) in [6.07, 6.45) is 0. The molecule has 0 atom stereocenters. The molecule has 90 valence electrons. The minimum Gasteiger partial charge on any atom is -0.204 e. The lowest BCUT2D eigenvalue weighted by Crippen LogP contribution is -2.42. The van der Waals surface area contributed by atoms with Crippen LogP contribution in [-0.4, -0.2) is 6.69 Å². The van der Waals surface area contributed by atoms with Crippen molar-refractivity contribution in [2.45, 2.75) is 13.0 Å². The third kappa shape index (κ3) is 2.05. The second-order valence-corrected chi connectivity index (χ2v) is 10.1. The predicted octanol–water partition coefficient (Wildman–Crippen LogP) is 3.53. The van der Waals surface area contributed by atoms with E-state index in [2.05, 4.69) is 0 Å². The third-order valence-electron chi connectivity index (χ3n) is 2.02. The first-order valence-electron chi connectivity index (χ1n) is 4.13. The van der Waals surface area contributed by atoms with Crippen LogP contribution >= 0.6 is 22.2 Å². The minimum atomic E-state index is -3.68. The quantitative estimate of drug-likeness (QED) is 0.257. The van der Waals surface area contributed by atoms with E-state index >= 15 is 0 Å². The van der Waals surface area contributed by atoms with E-state index in [0.717, 1.165) is 0 Å². The summed E-state index contributed by atoms with van der Waals surface area (Å²) in [6, 6.07) is -0.0749. The summed E-state index contributed by atoms with van der Waals surface area (Å²) < 4.78 is 64.8. The third-order valence-corrected chi connectivity index (χ3v) is 6.82. The second-order valence-electron chi connectivity index (χ2n) is 3.00. The smallest absolute Gasteiger partial charge is 0.204 e. The van der Waals surface area contributed by atoms with Crippen LogP contribution in [-0.2, 0) is 0 Å². The zero-order valence-corrected chi connectivity index (χ0v) is 10.4. The van der Waals surface area contributed by atoms with Crippen LogP contribution in [0.2, 0.25) is 6.04 Å². The molecule has 0 saturated carbocycles. The minimum absolute atomic E-state index is 0.0749. The molecule has 0 aromatic heterocycles. The second kappa shape index (κ2) is 4.50. The van der Waals surface area contributed by atoms with Crippen LogP contribution in [0.3, 0.4) is 0 Å². The molecule has 0 aliphatic heterocycles. The first-order valence-corrected chi connectivity index (χ1v) is 8.36. The van der Waals surface area contributed by atoms with Crippen LogP contribution in [0, 0.1) is 29.1 Å². The van der Waals surface area contributed by atoms with Gasteiger partial charge in [-0.05, 0) is 6.04 Å². The van der Waals surface area contributed by atoms with Crippen molar-refractivity contribution in [2.24, 2.45) is 0 Å². The maximum absolute atomic E-state index is 13.2. The number of benzene rings is 1. The molecule has 0 bridgehead atoms. The molecule has 0 unspecified atom stereocenters. The van der Waals surface area contributed by atoms with Gasteiger partial charge in [-0.25, -0.2) is 22.0 Å². The molecule has 0 amide bonds. The van der Waals surface area contributed by atoms with Gasteiger partial charge in [-0.2, -0.15) is 0 Å². The van der Waals surface area contributed by atoms with E-state index in [4.69, 9.17) is 22.2 Å². The van der Waals surface area contributed by atoms with E-state index in [1.54, 1.807) is 0 Å². The number of halogens is 7. The largest absolute Gasteiger partial charge is 0.286 e. The number of hydrogen-bond acceptors (Lipinski definition) is 0. The highest BCUT2D eigenvalue weighted by atomic mass is 35.7. The van der Waals surface area contributed by atoms with Crippen LogP contribution in [0.25, 0.3) is 0 Å². The monoisotopic (exact) mass is 294 g/mol. The van der Waals surface area contributed by atoms with Gasteiger partial charge in [0, 0.05) is 5.19 Å². The molecule has 1 aromatic rings. The highest BCUT2D eigenvalue weighted by Crippen LogP contribution is 2.26. The fraction of sp³-hybridized carbons (Fsp3) is 0.250. The Labute approximate surface area is 98.4 Å². The Morgan fingerprint density at radius 3 is 1.44 bits per heavy atom. The van der Waals surface area contributed by atoms with Crippen molar-refractivity contribution >= 4 is 34.0 Å².